The normalized spacial score (nSPS) is 34.2. The highest BCUT2D eigenvalue weighted by atomic mass is 16.5. The summed E-state index contributed by atoms with van der Waals surface area (Å²) in [5.41, 5.74) is 5.75. The van der Waals surface area contributed by atoms with E-state index < -0.39 is 0 Å². The van der Waals surface area contributed by atoms with Gasteiger partial charge >= 0.3 is 0 Å². The lowest BCUT2D eigenvalue weighted by molar-refractivity contribution is -0.142. The van der Waals surface area contributed by atoms with Crippen LogP contribution in [0.2, 0.25) is 0 Å². The van der Waals surface area contributed by atoms with Crippen LogP contribution in [0.15, 0.2) is 0 Å². The first-order chi connectivity index (χ1) is 7.74. The first-order valence-corrected chi connectivity index (χ1v) is 6.32. The minimum absolute atomic E-state index is 0.155. The number of carbonyl (C=O) groups is 1. The van der Waals surface area contributed by atoms with E-state index in [9.17, 15) is 4.79 Å². The minimum Gasteiger partial charge on any atom is -0.368 e. The Balaban J connectivity index is 1.94. The molecule has 2 fully saturated rings. The van der Waals surface area contributed by atoms with Gasteiger partial charge in [-0.2, -0.15) is 0 Å². The summed E-state index contributed by atoms with van der Waals surface area (Å²) in [4.78, 5) is 14.0. The van der Waals surface area contributed by atoms with Crippen molar-refractivity contribution in [2.24, 2.45) is 11.7 Å². The molecule has 0 bridgehead atoms. The van der Waals surface area contributed by atoms with Crippen LogP contribution in [0, 0.1) is 5.92 Å². The van der Waals surface area contributed by atoms with Crippen molar-refractivity contribution in [3.05, 3.63) is 0 Å². The number of nitrogens with two attached hydrogens (primary N) is 1. The average molecular weight is 226 g/mol. The molecule has 2 unspecified atom stereocenters. The summed E-state index contributed by atoms with van der Waals surface area (Å²) in [6.45, 7) is 1.42. The second kappa shape index (κ2) is 5.15. The van der Waals surface area contributed by atoms with Gasteiger partial charge in [-0.05, 0) is 38.1 Å². The zero-order chi connectivity index (χ0) is 11.5. The molecule has 92 valence electrons. The van der Waals surface area contributed by atoms with Gasteiger partial charge in [0.05, 0.1) is 0 Å². The van der Waals surface area contributed by atoms with E-state index in [1.165, 1.54) is 6.42 Å². The summed E-state index contributed by atoms with van der Waals surface area (Å²) in [6.07, 6.45) is 5.14. The van der Waals surface area contributed by atoms with E-state index in [2.05, 4.69) is 0 Å². The Labute approximate surface area is 97.1 Å². The van der Waals surface area contributed by atoms with Crippen molar-refractivity contribution in [2.45, 2.75) is 44.2 Å². The molecule has 1 amide bonds. The van der Waals surface area contributed by atoms with E-state index in [1.54, 1.807) is 0 Å². The van der Waals surface area contributed by atoms with E-state index in [4.69, 9.17) is 10.5 Å². The van der Waals surface area contributed by atoms with Crippen LogP contribution in [0.3, 0.4) is 0 Å². The summed E-state index contributed by atoms with van der Waals surface area (Å²) in [5, 5.41) is 0. The molecule has 0 aromatic rings. The van der Waals surface area contributed by atoms with E-state index in [1.807, 2.05) is 11.9 Å². The van der Waals surface area contributed by atoms with Crippen molar-refractivity contribution < 1.29 is 9.53 Å². The number of ether oxygens (including phenoxy) is 1. The molecule has 4 nitrogen and oxygen atoms in total. The van der Waals surface area contributed by atoms with Crippen LogP contribution >= 0.6 is 0 Å². The smallest absolute Gasteiger partial charge is 0.251 e. The van der Waals surface area contributed by atoms with Gasteiger partial charge in [0.2, 0.25) is 0 Å². The van der Waals surface area contributed by atoms with Crippen molar-refractivity contribution in [1.29, 1.82) is 0 Å². The fourth-order valence-electron chi connectivity index (χ4n) is 2.97. The molecule has 0 aromatic heterocycles. The summed E-state index contributed by atoms with van der Waals surface area (Å²) >= 11 is 0. The highest BCUT2D eigenvalue weighted by molar-refractivity contribution is 5.81. The molecule has 1 heterocycles. The maximum Gasteiger partial charge on any atom is 0.251 e. The molecular weight excluding hydrogens is 204 g/mol. The number of hydrogen-bond donors (Lipinski definition) is 1. The van der Waals surface area contributed by atoms with Crippen LogP contribution in [-0.4, -0.2) is 43.2 Å². The van der Waals surface area contributed by atoms with Gasteiger partial charge in [0, 0.05) is 19.7 Å². The summed E-state index contributed by atoms with van der Waals surface area (Å²) in [6, 6.07) is 0.335. The van der Waals surface area contributed by atoms with Crippen LogP contribution < -0.4 is 5.73 Å². The Morgan fingerprint density at radius 2 is 2.19 bits per heavy atom. The third kappa shape index (κ3) is 2.23. The molecule has 1 aliphatic heterocycles. The predicted molar refractivity (Wildman–Crippen MR) is 61.9 cm³/mol. The van der Waals surface area contributed by atoms with Gasteiger partial charge in [-0.1, -0.05) is 6.42 Å². The Hall–Kier alpha value is -0.610. The fraction of sp³-hybridized carbons (Fsp3) is 0.917. The zero-order valence-electron chi connectivity index (χ0n) is 10.0. The fourth-order valence-corrected chi connectivity index (χ4v) is 2.97. The third-order valence-electron chi connectivity index (χ3n) is 3.97. The minimum atomic E-state index is -0.191. The van der Waals surface area contributed by atoms with E-state index >= 15 is 0 Å². The van der Waals surface area contributed by atoms with E-state index in [-0.39, 0.29) is 12.0 Å². The van der Waals surface area contributed by atoms with E-state index in [0.717, 1.165) is 32.3 Å². The molecule has 16 heavy (non-hydrogen) atoms. The number of hydrogen-bond acceptors (Lipinski definition) is 3. The quantitative estimate of drug-likeness (QED) is 0.772. The third-order valence-corrected chi connectivity index (χ3v) is 3.97. The Morgan fingerprint density at radius 1 is 1.38 bits per heavy atom. The summed E-state index contributed by atoms with van der Waals surface area (Å²) in [7, 11) is 1.91. The van der Waals surface area contributed by atoms with Crippen molar-refractivity contribution >= 4 is 5.91 Å². The highest BCUT2D eigenvalue weighted by Crippen LogP contribution is 2.29. The Kier molecular flexibility index (Phi) is 3.82. The molecule has 4 heteroatoms. The van der Waals surface area contributed by atoms with Crippen LogP contribution in [0.4, 0.5) is 0 Å². The molecule has 1 aliphatic carbocycles. The number of nitrogens with zero attached hydrogens (tertiary/aromatic N) is 1. The molecule has 2 rings (SSSR count). The topological polar surface area (TPSA) is 55.6 Å². The largest absolute Gasteiger partial charge is 0.368 e. The standard InChI is InChI=1S/C12H22N2O2/c1-14(10-5-2-4-9(10)8-13)12(15)11-6-3-7-16-11/h9-11H,2-8,13H2,1H3/t9?,10?,11-/m1/s1. The van der Waals surface area contributed by atoms with Crippen LogP contribution in [0.5, 0.6) is 0 Å². The first-order valence-electron chi connectivity index (χ1n) is 6.32. The summed E-state index contributed by atoms with van der Waals surface area (Å²) < 4.78 is 5.44. The molecule has 3 atom stereocenters. The van der Waals surface area contributed by atoms with Crippen molar-refractivity contribution in [1.82, 2.24) is 4.90 Å². The van der Waals surface area contributed by atoms with Crippen molar-refractivity contribution in [2.75, 3.05) is 20.2 Å². The van der Waals surface area contributed by atoms with Crippen LogP contribution in [0.25, 0.3) is 0 Å². The molecule has 0 aromatic carbocycles. The molecule has 1 saturated heterocycles. The second-order valence-corrected chi connectivity index (χ2v) is 4.94. The van der Waals surface area contributed by atoms with Gasteiger partial charge in [0.25, 0.3) is 5.91 Å². The van der Waals surface area contributed by atoms with Gasteiger partial charge in [0.15, 0.2) is 0 Å². The SMILES string of the molecule is CN(C(=O)[C@H]1CCCO1)C1CCCC1CN. The lowest BCUT2D eigenvalue weighted by atomic mass is 10.0. The predicted octanol–water partition coefficient (Wildman–Crippen LogP) is 0.751. The zero-order valence-corrected chi connectivity index (χ0v) is 10.0. The Morgan fingerprint density at radius 3 is 2.81 bits per heavy atom. The molecule has 2 N–H and O–H groups in total. The molecule has 1 saturated carbocycles. The lowest BCUT2D eigenvalue weighted by Crippen LogP contribution is -2.45. The molecule has 0 radical (unpaired) electrons. The number of likely N-dealkylation sites (N-methyl/N-ethyl adjacent to an activating group) is 1. The van der Waals surface area contributed by atoms with Crippen molar-refractivity contribution in [3.63, 3.8) is 0 Å². The van der Waals surface area contributed by atoms with Gasteiger partial charge in [-0.25, -0.2) is 0 Å². The van der Waals surface area contributed by atoms with Gasteiger partial charge in [-0.15, -0.1) is 0 Å². The Bertz CT molecular complexity index is 251. The maximum atomic E-state index is 12.2. The highest BCUT2D eigenvalue weighted by Gasteiger charge is 2.35. The van der Waals surface area contributed by atoms with Crippen LogP contribution in [0.1, 0.15) is 32.1 Å². The number of amides is 1. The number of carbonyl (C=O) groups excluding carboxylic acids is 1. The lowest BCUT2D eigenvalue weighted by Gasteiger charge is -2.30. The van der Waals surface area contributed by atoms with Gasteiger partial charge < -0.3 is 15.4 Å². The van der Waals surface area contributed by atoms with Crippen molar-refractivity contribution in [3.8, 4) is 0 Å². The maximum absolute atomic E-state index is 12.2. The number of rotatable bonds is 3. The molecule has 0 spiro atoms. The molecule has 2 aliphatic rings. The average Bonchev–Trinajstić information content (AvgIpc) is 2.97. The van der Waals surface area contributed by atoms with Gasteiger partial charge in [0.1, 0.15) is 6.10 Å². The van der Waals surface area contributed by atoms with Crippen LogP contribution in [-0.2, 0) is 9.53 Å². The first kappa shape index (κ1) is 11.9. The van der Waals surface area contributed by atoms with Gasteiger partial charge in [-0.3, -0.25) is 4.79 Å². The second-order valence-electron chi connectivity index (χ2n) is 4.94. The van der Waals surface area contributed by atoms with E-state index in [0.29, 0.717) is 18.5 Å². The summed E-state index contributed by atoms with van der Waals surface area (Å²) in [5.74, 6) is 0.637. The molecular formula is C12H22N2O2. The monoisotopic (exact) mass is 226 g/mol.